The number of para-hydroxylation sites is 1. The first-order valence-corrected chi connectivity index (χ1v) is 8.20. The lowest BCUT2D eigenvalue weighted by Crippen LogP contribution is -2.21. The number of ether oxygens (including phenoxy) is 1. The van der Waals surface area contributed by atoms with Crippen molar-refractivity contribution in [3.63, 3.8) is 0 Å². The first kappa shape index (κ1) is 16.8. The molecule has 25 heavy (non-hydrogen) atoms. The van der Waals surface area contributed by atoms with Crippen LogP contribution in [0.4, 0.5) is 5.13 Å². The van der Waals surface area contributed by atoms with Crippen LogP contribution in [-0.2, 0) is 11.8 Å². The predicted octanol–water partition coefficient (Wildman–Crippen LogP) is 2.34. The highest BCUT2D eigenvalue weighted by molar-refractivity contribution is 7.16. The molecule has 0 spiro atoms. The van der Waals surface area contributed by atoms with Crippen LogP contribution in [0.2, 0.25) is 0 Å². The van der Waals surface area contributed by atoms with E-state index in [2.05, 4.69) is 15.0 Å². The molecule has 0 atom stereocenters. The van der Waals surface area contributed by atoms with Gasteiger partial charge in [-0.3, -0.25) is 14.9 Å². The van der Waals surface area contributed by atoms with Crippen LogP contribution in [0.1, 0.15) is 25.7 Å². The lowest BCUT2D eigenvalue weighted by atomic mass is 10.1. The Morgan fingerprint density at radius 3 is 2.72 bits per heavy atom. The van der Waals surface area contributed by atoms with Gasteiger partial charge in [-0.25, -0.2) is 9.78 Å². The molecule has 0 saturated heterocycles. The van der Waals surface area contributed by atoms with Gasteiger partial charge < -0.3 is 9.30 Å². The van der Waals surface area contributed by atoms with Gasteiger partial charge in [-0.1, -0.05) is 18.2 Å². The highest BCUT2D eigenvalue weighted by atomic mass is 32.1. The first-order chi connectivity index (χ1) is 11.9. The Labute approximate surface area is 146 Å². The summed E-state index contributed by atoms with van der Waals surface area (Å²) in [6.45, 7) is 1.72. The minimum absolute atomic E-state index is 0.164. The van der Waals surface area contributed by atoms with Crippen LogP contribution in [0.25, 0.3) is 10.9 Å². The number of anilines is 1. The van der Waals surface area contributed by atoms with E-state index >= 15 is 0 Å². The predicted molar refractivity (Wildman–Crippen MR) is 95.3 cm³/mol. The third-order valence-electron chi connectivity index (χ3n) is 3.79. The van der Waals surface area contributed by atoms with Gasteiger partial charge in [-0.2, -0.15) is 0 Å². The summed E-state index contributed by atoms with van der Waals surface area (Å²) in [4.78, 5) is 41.1. The number of fused-ring (bicyclic) bond motifs is 1. The fraction of sp³-hybridized carbons (Fsp3) is 0.176. The van der Waals surface area contributed by atoms with Gasteiger partial charge in [0.05, 0.1) is 18.2 Å². The second-order valence-electron chi connectivity index (χ2n) is 5.34. The molecule has 7 nitrogen and oxygen atoms in total. The smallest absolute Gasteiger partial charge is 0.357 e. The summed E-state index contributed by atoms with van der Waals surface area (Å²) < 4.78 is 6.14. The molecular formula is C17H15N3O4S. The van der Waals surface area contributed by atoms with Crippen molar-refractivity contribution >= 4 is 39.2 Å². The van der Waals surface area contributed by atoms with Crippen molar-refractivity contribution in [2.45, 2.75) is 6.92 Å². The highest BCUT2D eigenvalue weighted by Crippen LogP contribution is 2.24. The Hall–Kier alpha value is -3.00. The van der Waals surface area contributed by atoms with Gasteiger partial charge in [0.2, 0.25) is 0 Å². The lowest BCUT2D eigenvalue weighted by Gasteiger charge is -2.09. The number of aromatic nitrogens is 2. The lowest BCUT2D eigenvalue weighted by molar-refractivity contribution is 0.0594. The van der Waals surface area contributed by atoms with E-state index in [4.69, 9.17) is 0 Å². The molecule has 2 aromatic heterocycles. The molecular weight excluding hydrogens is 342 g/mol. The number of pyridine rings is 1. The van der Waals surface area contributed by atoms with Gasteiger partial charge in [0.1, 0.15) is 0 Å². The van der Waals surface area contributed by atoms with Crippen molar-refractivity contribution in [3.05, 3.63) is 56.8 Å². The number of nitrogens with one attached hydrogen (secondary N) is 1. The number of nitrogens with zero attached hydrogens (tertiary/aromatic N) is 2. The van der Waals surface area contributed by atoms with Gasteiger partial charge in [0.25, 0.3) is 11.5 Å². The van der Waals surface area contributed by atoms with Crippen LogP contribution in [0.5, 0.6) is 0 Å². The SMILES string of the molecule is COC(=O)c1nc(NC(=O)c2cc(=O)n(C)c3ccccc23)sc1C. The zero-order valence-corrected chi connectivity index (χ0v) is 14.6. The molecule has 2 heterocycles. The van der Waals surface area contributed by atoms with Crippen molar-refractivity contribution in [2.24, 2.45) is 7.05 Å². The minimum Gasteiger partial charge on any atom is -0.464 e. The molecule has 1 amide bonds. The second kappa shape index (κ2) is 6.48. The summed E-state index contributed by atoms with van der Waals surface area (Å²) in [6, 6.07) is 8.44. The number of hydrogen-bond acceptors (Lipinski definition) is 6. The summed E-state index contributed by atoms with van der Waals surface area (Å²) in [5, 5.41) is 3.58. The number of esters is 1. The molecule has 0 aliphatic heterocycles. The second-order valence-corrected chi connectivity index (χ2v) is 6.55. The Morgan fingerprint density at radius 2 is 2.00 bits per heavy atom. The van der Waals surface area contributed by atoms with E-state index in [9.17, 15) is 14.4 Å². The van der Waals surface area contributed by atoms with Crippen molar-refractivity contribution in [2.75, 3.05) is 12.4 Å². The van der Waals surface area contributed by atoms with Crippen LogP contribution < -0.4 is 10.9 Å². The van der Waals surface area contributed by atoms with Crippen molar-refractivity contribution in [1.29, 1.82) is 0 Å². The van der Waals surface area contributed by atoms with E-state index in [1.54, 1.807) is 38.2 Å². The number of rotatable bonds is 3. The maximum atomic E-state index is 12.6. The van der Waals surface area contributed by atoms with E-state index in [0.717, 1.165) is 0 Å². The normalized spacial score (nSPS) is 10.7. The minimum atomic E-state index is -0.562. The first-order valence-electron chi connectivity index (χ1n) is 7.38. The molecule has 0 unspecified atom stereocenters. The average Bonchev–Trinajstić information content (AvgIpc) is 2.97. The molecule has 3 rings (SSSR count). The number of thiazole rings is 1. The number of carbonyl (C=O) groups is 2. The number of hydrogen-bond donors (Lipinski definition) is 1. The van der Waals surface area contributed by atoms with E-state index in [1.165, 1.54) is 29.1 Å². The topological polar surface area (TPSA) is 90.3 Å². The summed E-state index contributed by atoms with van der Waals surface area (Å²) in [6.07, 6.45) is 0. The van der Waals surface area contributed by atoms with Crippen molar-refractivity contribution in [3.8, 4) is 0 Å². The van der Waals surface area contributed by atoms with E-state index < -0.39 is 11.9 Å². The number of benzene rings is 1. The molecule has 3 aromatic rings. The molecule has 0 radical (unpaired) electrons. The van der Waals surface area contributed by atoms with Crippen molar-refractivity contribution < 1.29 is 14.3 Å². The maximum absolute atomic E-state index is 12.6. The summed E-state index contributed by atoms with van der Waals surface area (Å²) in [5.74, 6) is -1.02. The Bertz CT molecular complexity index is 1050. The number of aryl methyl sites for hydroxylation is 2. The standard InChI is InChI=1S/C17H15N3O4S/c1-9-14(16(23)24-3)18-17(25-9)19-15(22)11-8-13(21)20(2)12-7-5-4-6-10(11)12/h4-8H,1-3H3,(H,18,19,22). The molecule has 0 aliphatic rings. The van der Waals surface area contributed by atoms with Crippen LogP contribution in [-0.4, -0.2) is 28.5 Å². The molecule has 0 saturated carbocycles. The fourth-order valence-corrected chi connectivity index (χ4v) is 3.30. The van der Waals surface area contributed by atoms with E-state index in [1.807, 2.05) is 0 Å². The molecule has 1 N–H and O–H groups in total. The fourth-order valence-electron chi connectivity index (χ4n) is 2.50. The summed E-state index contributed by atoms with van der Waals surface area (Å²) in [7, 11) is 2.92. The zero-order valence-electron chi connectivity index (χ0n) is 13.8. The summed E-state index contributed by atoms with van der Waals surface area (Å²) >= 11 is 1.17. The van der Waals surface area contributed by atoms with Crippen LogP contribution in [0.15, 0.2) is 35.1 Å². The van der Waals surface area contributed by atoms with E-state index in [0.29, 0.717) is 15.8 Å². The third-order valence-corrected chi connectivity index (χ3v) is 4.68. The van der Waals surface area contributed by atoms with E-state index in [-0.39, 0.29) is 21.9 Å². The molecule has 0 bridgehead atoms. The quantitative estimate of drug-likeness (QED) is 0.727. The molecule has 0 aliphatic carbocycles. The van der Waals surface area contributed by atoms with Gasteiger partial charge in [-0.15, -0.1) is 11.3 Å². The molecule has 128 valence electrons. The Balaban J connectivity index is 2.00. The van der Waals surface area contributed by atoms with Gasteiger partial charge in [0.15, 0.2) is 10.8 Å². The number of methoxy groups -OCH3 is 1. The average molecular weight is 357 g/mol. The van der Waals surface area contributed by atoms with Crippen LogP contribution >= 0.6 is 11.3 Å². The monoisotopic (exact) mass is 357 g/mol. The Morgan fingerprint density at radius 1 is 1.28 bits per heavy atom. The largest absolute Gasteiger partial charge is 0.464 e. The van der Waals surface area contributed by atoms with Crippen LogP contribution in [0.3, 0.4) is 0 Å². The molecule has 1 aromatic carbocycles. The molecule has 8 heteroatoms. The van der Waals surface area contributed by atoms with Gasteiger partial charge in [0, 0.05) is 23.4 Å². The van der Waals surface area contributed by atoms with Crippen LogP contribution in [0, 0.1) is 6.92 Å². The molecule has 0 fully saturated rings. The summed E-state index contributed by atoms with van der Waals surface area (Å²) in [5.41, 5.74) is 0.794. The zero-order chi connectivity index (χ0) is 18.1. The third kappa shape index (κ3) is 3.03. The number of carbonyl (C=O) groups excluding carboxylic acids is 2. The Kier molecular flexibility index (Phi) is 4.37. The van der Waals surface area contributed by atoms with Gasteiger partial charge >= 0.3 is 5.97 Å². The van der Waals surface area contributed by atoms with Gasteiger partial charge in [-0.05, 0) is 13.0 Å². The highest BCUT2D eigenvalue weighted by Gasteiger charge is 2.19. The maximum Gasteiger partial charge on any atom is 0.357 e. The number of amides is 1. The van der Waals surface area contributed by atoms with Crippen molar-refractivity contribution in [1.82, 2.24) is 9.55 Å².